The smallest absolute Gasteiger partial charge is 0.348 e. The zero-order valence-electron chi connectivity index (χ0n) is 15.0. The number of rotatable bonds is 4. The Bertz CT molecular complexity index is 978. The molecule has 0 fully saturated rings. The average Bonchev–Trinajstić information content (AvgIpc) is 3.19. The van der Waals surface area contributed by atoms with Crippen molar-refractivity contribution in [2.24, 2.45) is 0 Å². The first kappa shape index (κ1) is 17.0. The Morgan fingerprint density at radius 1 is 1.42 bits per heavy atom. The van der Waals surface area contributed by atoms with E-state index in [0.29, 0.717) is 17.3 Å². The van der Waals surface area contributed by atoms with E-state index in [0.717, 1.165) is 40.9 Å². The average molecular weight is 371 g/mol. The maximum Gasteiger partial charge on any atom is 0.348 e. The molecule has 0 aromatic carbocycles. The summed E-state index contributed by atoms with van der Waals surface area (Å²) in [4.78, 5) is 22.8. The van der Waals surface area contributed by atoms with Crippen molar-refractivity contribution in [3.8, 4) is 0 Å². The van der Waals surface area contributed by atoms with E-state index >= 15 is 0 Å². The van der Waals surface area contributed by atoms with Gasteiger partial charge in [-0.1, -0.05) is 0 Å². The maximum atomic E-state index is 12.2. The van der Waals surface area contributed by atoms with Crippen LogP contribution < -0.4 is 5.32 Å². The number of H-pyrrole nitrogens is 1. The van der Waals surface area contributed by atoms with Crippen LogP contribution in [0.1, 0.15) is 45.7 Å². The number of aromatic amines is 1. The van der Waals surface area contributed by atoms with Crippen LogP contribution >= 0.6 is 11.3 Å². The number of hydrogen-bond donors (Lipinski definition) is 2. The molecule has 8 heteroatoms. The largest absolute Gasteiger partial charge is 0.462 e. The Balaban J connectivity index is 1.69. The van der Waals surface area contributed by atoms with Gasteiger partial charge < -0.3 is 10.1 Å². The number of hydrogen-bond acceptors (Lipinski definition) is 7. The van der Waals surface area contributed by atoms with Gasteiger partial charge in [0.05, 0.1) is 18.2 Å². The number of nitrogens with one attached hydrogen (secondary N) is 2. The minimum absolute atomic E-state index is 0.281. The SMILES string of the molecule is CCOC(=O)c1sc2nc(C)nc(NC3CCc4[nH]ncc4C3)c2c1C. The lowest BCUT2D eigenvalue weighted by molar-refractivity contribution is 0.0531. The molecule has 136 valence electrons. The molecule has 0 radical (unpaired) electrons. The van der Waals surface area contributed by atoms with Gasteiger partial charge in [-0.05, 0) is 51.2 Å². The third-order valence-electron chi connectivity index (χ3n) is 4.72. The number of nitrogens with zero attached hydrogens (tertiary/aromatic N) is 3. The van der Waals surface area contributed by atoms with Gasteiger partial charge in [-0.15, -0.1) is 11.3 Å². The molecule has 0 amide bonds. The quantitative estimate of drug-likeness (QED) is 0.684. The number of ether oxygens (including phenoxy) is 1. The van der Waals surface area contributed by atoms with Gasteiger partial charge in [-0.2, -0.15) is 5.10 Å². The van der Waals surface area contributed by atoms with E-state index in [1.807, 2.05) is 27.0 Å². The number of fused-ring (bicyclic) bond motifs is 2. The summed E-state index contributed by atoms with van der Waals surface area (Å²) in [7, 11) is 0. The van der Waals surface area contributed by atoms with Crippen LogP contribution in [0.15, 0.2) is 6.20 Å². The van der Waals surface area contributed by atoms with Gasteiger partial charge in [0.2, 0.25) is 0 Å². The first-order chi connectivity index (χ1) is 12.6. The molecule has 1 aliphatic carbocycles. The topological polar surface area (TPSA) is 92.8 Å². The molecule has 2 N–H and O–H groups in total. The number of anilines is 1. The summed E-state index contributed by atoms with van der Waals surface area (Å²) >= 11 is 1.37. The standard InChI is InChI=1S/C18H21N5O2S/c1-4-25-18(24)15-9(2)14-16(20-10(3)21-17(14)26-15)22-12-5-6-13-11(7-12)8-19-23-13/h8,12H,4-7H2,1-3H3,(H,19,23)(H,20,21,22). The van der Waals surface area contributed by atoms with Crippen molar-refractivity contribution in [3.63, 3.8) is 0 Å². The lowest BCUT2D eigenvalue weighted by atomic mass is 9.93. The predicted octanol–water partition coefficient (Wildman–Crippen LogP) is 3.18. The highest BCUT2D eigenvalue weighted by Crippen LogP contribution is 2.35. The minimum Gasteiger partial charge on any atom is -0.462 e. The van der Waals surface area contributed by atoms with Gasteiger partial charge in [0.25, 0.3) is 0 Å². The van der Waals surface area contributed by atoms with Crippen molar-refractivity contribution < 1.29 is 9.53 Å². The molecule has 0 bridgehead atoms. The van der Waals surface area contributed by atoms with Crippen LogP contribution in [0.2, 0.25) is 0 Å². The molecule has 0 saturated carbocycles. The fraction of sp³-hybridized carbons (Fsp3) is 0.444. The van der Waals surface area contributed by atoms with E-state index in [1.165, 1.54) is 22.6 Å². The highest BCUT2D eigenvalue weighted by molar-refractivity contribution is 7.20. The Hall–Kier alpha value is -2.48. The van der Waals surface area contributed by atoms with Gasteiger partial charge in [0, 0.05) is 11.7 Å². The van der Waals surface area contributed by atoms with E-state index in [9.17, 15) is 4.79 Å². The summed E-state index contributed by atoms with van der Waals surface area (Å²) in [5.41, 5.74) is 3.36. The van der Waals surface area contributed by atoms with Crippen molar-refractivity contribution in [1.82, 2.24) is 20.2 Å². The zero-order valence-corrected chi connectivity index (χ0v) is 15.9. The number of aryl methyl sites for hydroxylation is 3. The molecule has 0 spiro atoms. The van der Waals surface area contributed by atoms with Crippen molar-refractivity contribution in [3.05, 3.63) is 33.7 Å². The summed E-state index contributed by atoms with van der Waals surface area (Å²) in [6, 6.07) is 0.281. The summed E-state index contributed by atoms with van der Waals surface area (Å²) < 4.78 is 5.18. The molecule has 3 aromatic rings. The van der Waals surface area contributed by atoms with Crippen LogP contribution in [0.3, 0.4) is 0 Å². The molecule has 1 aliphatic rings. The number of carbonyl (C=O) groups excluding carboxylic acids is 1. The molecule has 1 atom stereocenters. The van der Waals surface area contributed by atoms with Gasteiger partial charge in [0.1, 0.15) is 21.3 Å². The molecule has 26 heavy (non-hydrogen) atoms. The normalized spacial score (nSPS) is 16.5. The van der Waals surface area contributed by atoms with E-state index in [1.54, 1.807) is 0 Å². The second kappa shape index (κ2) is 6.68. The van der Waals surface area contributed by atoms with E-state index in [2.05, 4.69) is 25.5 Å². The third kappa shape index (κ3) is 2.94. The van der Waals surface area contributed by atoms with E-state index in [-0.39, 0.29) is 12.0 Å². The molecule has 7 nitrogen and oxygen atoms in total. The van der Waals surface area contributed by atoms with Crippen LogP contribution in [0.25, 0.3) is 10.2 Å². The number of aromatic nitrogens is 4. The van der Waals surface area contributed by atoms with Gasteiger partial charge in [0.15, 0.2) is 0 Å². The Morgan fingerprint density at radius 2 is 2.27 bits per heavy atom. The van der Waals surface area contributed by atoms with Crippen LogP contribution in [0.4, 0.5) is 5.82 Å². The summed E-state index contributed by atoms with van der Waals surface area (Å²) in [5.74, 6) is 1.20. The highest BCUT2D eigenvalue weighted by atomic mass is 32.1. The molecular formula is C18H21N5O2S. The Labute approximate surface area is 155 Å². The number of carbonyl (C=O) groups is 1. The molecule has 0 saturated heterocycles. The summed E-state index contributed by atoms with van der Waals surface area (Å²) in [5, 5.41) is 11.7. The number of thiophene rings is 1. The van der Waals surface area contributed by atoms with Gasteiger partial charge in [-0.3, -0.25) is 5.10 Å². The minimum atomic E-state index is -0.294. The molecule has 4 rings (SSSR count). The first-order valence-electron chi connectivity index (χ1n) is 8.79. The molecular weight excluding hydrogens is 350 g/mol. The van der Waals surface area contributed by atoms with Gasteiger partial charge >= 0.3 is 5.97 Å². The molecule has 3 heterocycles. The molecule has 3 aromatic heterocycles. The lowest BCUT2D eigenvalue weighted by Crippen LogP contribution is -2.27. The van der Waals surface area contributed by atoms with Gasteiger partial charge in [-0.25, -0.2) is 14.8 Å². The van der Waals surface area contributed by atoms with Crippen LogP contribution in [-0.4, -0.2) is 38.8 Å². The lowest BCUT2D eigenvalue weighted by Gasteiger charge is -2.23. The van der Waals surface area contributed by atoms with Crippen LogP contribution in [0, 0.1) is 13.8 Å². The van der Waals surface area contributed by atoms with Crippen molar-refractivity contribution >= 4 is 33.3 Å². The van der Waals surface area contributed by atoms with Crippen molar-refractivity contribution in [1.29, 1.82) is 0 Å². The fourth-order valence-corrected chi connectivity index (χ4v) is 4.59. The Kier molecular flexibility index (Phi) is 4.36. The summed E-state index contributed by atoms with van der Waals surface area (Å²) in [6.07, 6.45) is 4.79. The molecule has 1 unspecified atom stereocenters. The second-order valence-electron chi connectivity index (χ2n) is 6.53. The monoisotopic (exact) mass is 371 g/mol. The molecule has 0 aliphatic heterocycles. The van der Waals surface area contributed by atoms with Crippen molar-refractivity contribution in [2.75, 3.05) is 11.9 Å². The van der Waals surface area contributed by atoms with Crippen LogP contribution in [-0.2, 0) is 17.6 Å². The van der Waals surface area contributed by atoms with Crippen LogP contribution in [0.5, 0.6) is 0 Å². The fourth-order valence-electron chi connectivity index (χ4n) is 3.47. The summed E-state index contributed by atoms with van der Waals surface area (Å²) in [6.45, 7) is 5.98. The van der Waals surface area contributed by atoms with E-state index < -0.39 is 0 Å². The third-order valence-corrected chi connectivity index (χ3v) is 5.89. The Morgan fingerprint density at radius 3 is 3.08 bits per heavy atom. The second-order valence-corrected chi connectivity index (χ2v) is 7.53. The highest BCUT2D eigenvalue weighted by Gasteiger charge is 2.24. The first-order valence-corrected chi connectivity index (χ1v) is 9.61. The maximum absolute atomic E-state index is 12.2. The van der Waals surface area contributed by atoms with Crippen molar-refractivity contribution in [2.45, 2.75) is 46.1 Å². The predicted molar refractivity (Wildman–Crippen MR) is 101 cm³/mol. The van der Waals surface area contributed by atoms with E-state index in [4.69, 9.17) is 4.74 Å². The number of esters is 1. The zero-order chi connectivity index (χ0) is 18.3.